The largest absolute Gasteiger partial charge is 0.302 e. The molecule has 0 amide bonds. The molecule has 0 radical (unpaired) electrons. The van der Waals surface area contributed by atoms with Crippen LogP contribution in [-0.2, 0) is 4.79 Å². The van der Waals surface area contributed by atoms with Gasteiger partial charge in [0.1, 0.15) is 5.78 Å². The van der Waals surface area contributed by atoms with E-state index in [9.17, 15) is 4.79 Å². The number of hydrogen-bond acceptors (Lipinski definition) is 2. The van der Waals surface area contributed by atoms with Crippen molar-refractivity contribution in [2.75, 3.05) is 20.6 Å². The lowest BCUT2D eigenvalue weighted by atomic mass is 9.86. The van der Waals surface area contributed by atoms with Crippen molar-refractivity contribution < 1.29 is 4.79 Å². The van der Waals surface area contributed by atoms with Crippen molar-refractivity contribution in [3.05, 3.63) is 34.9 Å². The first kappa shape index (κ1) is 26.1. The van der Waals surface area contributed by atoms with Gasteiger partial charge in [-0.15, -0.1) is 0 Å². The minimum Gasteiger partial charge on any atom is -0.302 e. The second-order valence-electron chi connectivity index (χ2n) is 6.86. The van der Waals surface area contributed by atoms with Crippen molar-refractivity contribution >= 4 is 5.78 Å². The van der Waals surface area contributed by atoms with Crippen LogP contribution in [-0.4, -0.2) is 31.3 Å². The van der Waals surface area contributed by atoms with E-state index in [0.29, 0.717) is 6.54 Å². The van der Waals surface area contributed by atoms with Gasteiger partial charge in [0.05, 0.1) is 6.54 Å². The summed E-state index contributed by atoms with van der Waals surface area (Å²) in [5, 5.41) is 0. The first-order chi connectivity index (χ1) is 11.8. The zero-order valence-electron chi connectivity index (χ0n) is 18.4. The topological polar surface area (TPSA) is 20.3 Å². The molecule has 1 rings (SSSR count). The predicted octanol–water partition coefficient (Wildman–Crippen LogP) is 6.54. The van der Waals surface area contributed by atoms with E-state index in [1.807, 2.05) is 32.8 Å². The van der Waals surface area contributed by atoms with Gasteiger partial charge in [-0.25, -0.2) is 0 Å². The van der Waals surface area contributed by atoms with Crippen LogP contribution in [0.4, 0.5) is 0 Å². The number of unbranched alkanes of at least 4 members (excludes halogenated alkanes) is 1. The molecule has 0 saturated heterocycles. The Morgan fingerprint density at radius 2 is 1.64 bits per heavy atom. The van der Waals surface area contributed by atoms with Crippen LogP contribution in [0.2, 0.25) is 0 Å². The summed E-state index contributed by atoms with van der Waals surface area (Å²) < 4.78 is 0. The van der Waals surface area contributed by atoms with Gasteiger partial charge >= 0.3 is 0 Å². The number of hydrogen-bond donors (Lipinski definition) is 0. The molecule has 0 aliphatic rings. The molecule has 146 valence electrons. The second kappa shape index (κ2) is 16.3. The van der Waals surface area contributed by atoms with Crippen LogP contribution in [0.15, 0.2) is 18.2 Å². The fourth-order valence-corrected chi connectivity index (χ4v) is 2.92. The van der Waals surface area contributed by atoms with Gasteiger partial charge in [-0.3, -0.25) is 4.79 Å². The van der Waals surface area contributed by atoms with E-state index in [-0.39, 0.29) is 5.78 Å². The molecule has 1 atom stereocenters. The molecule has 0 aliphatic carbocycles. The number of rotatable bonds is 8. The molecule has 1 aromatic carbocycles. The minimum absolute atomic E-state index is 0.213. The van der Waals surface area contributed by atoms with Gasteiger partial charge in [0, 0.05) is 0 Å². The van der Waals surface area contributed by atoms with Gasteiger partial charge in [0.15, 0.2) is 0 Å². The van der Waals surface area contributed by atoms with Crippen molar-refractivity contribution in [3.63, 3.8) is 0 Å². The number of carbonyl (C=O) groups excluding carboxylic acids is 1. The molecule has 0 spiro atoms. The number of likely N-dealkylation sites (N-methyl/N-ethyl adjacent to an activating group) is 1. The van der Waals surface area contributed by atoms with Crippen molar-refractivity contribution in [3.8, 4) is 0 Å². The van der Waals surface area contributed by atoms with Gasteiger partial charge in [0.25, 0.3) is 0 Å². The Morgan fingerprint density at radius 3 is 2.04 bits per heavy atom. The zero-order chi connectivity index (χ0) is 19.8. The summed E-state index contributed by atoms with van der Waals surface area (Å²) in [7, 11) is 3.75. The number of Topliss-reactive ketones (excluding diaryl/α,β-unsaturated/α-hetero) is 1. The standard InChI is InChI=1S/C16H26.C5H11NO.C2H6/c1-5-7-11-15(9-6-2)16-12-8-10-13(3)14(16)4;1-5(7)4-6(2)3;1-2/h8,10,12,15H,5-7,9,11H2,1-4H3;4H2,1-3H3;1-2H3. The summed E-state index contributed by atoms with van der Waals surface area (Å²) in [6.45, 7) is 15.2. The molecular weight excluding hydrogens is 306 g/mol. The van der Waals surface area contributed by atoms with Gasteiger partial charge in [-0.2, -0.15) is 0 Å². The number of benzene rings is 1. The Morgan fingerprint density at radius 1 is 1.04 bits per heavy atom. The van der Waals surface area contributed by atoms with Crippen molar-refractivity contribution in [2.45, 2.75) is 86.5 Å². The highest BCUT2D eigenvalue weighted by Crippen LogP contribution is 2.30. The molecule has 0 fully saturated rings. The highest BCUT2D eigenvalue weighted by molar-refractivity contribution is 5.77. The fourth-order valence-electron chi connectivity index (χ4n) is 2.92. The van der Waals surface area contributed by atoms with Gasteiger partial charge in [0.2, 0.25) is 0 Å². The van der Waals surface area contributed by atoms with Crippen molar-refractivity contribution in [1.29, 1.82) is 0 Å². The number of ketones is 1. The number of aryl methyl sites for hydroxylation is 1. The van der Waals surface area contributed by atoms with E-state index < -0.39 is 0 Å². The summed E-state index contributed by atoms with van der Waals surface area (Å²) in [6, 6.07) is 6.77. The highest BCUT2D eigenvalue weighted by Gasteiger charge is 2.13. The molecule has 1 unspecified atom stereocenters. The number of carbonyl (C=O) groups is 1. The van der Waals surface area contributed by atoms with Gasteiger partial charge < -0.3 is 4.90 Å². The molecule has 0 saturated carbocycles. The third-order valence-electron chi connectivity index (χ3n) is 4.17. The van der Waals surface area contributed by atoms with Crippen LogP contribution in [0.1, 0.15) is 89.3 Å². The van der Waals surface area contributed by atoms with Crippen LogP contribution in [0.5, 0.6) is 0 Å². The Balaban J connectivity index is 0. The van der Waals surface area contributed by atoms with E-state index in [4.69, 9.17) is 0 Å². The molecule has 0 bridgehead atoms. The van der Waals surface area contributed by atoms with Gasteiger partial charge in [-0.1, -0.05) is 65.2 Å². The lowest BCUT2D eigenvalue weighted by Gasteiger charge is -2.19. The SMILES string of the molecule is CC.CC(=O)CN(C)C.CCCCC(CCC)c1cccc(C)c1C. The first-order valence-electron chi connectivity index (χ1n) is 10.0. The summed E-state index contributed by atoms with van der Waals surface area (Å²) in [6.07, 6.45) is 6.66. The average Bonchev–Trinajstić information content (AvgIpc) is 2.55. The van der Waals surface area contributed by atoms with Gasteiger partial charge in [-0.05, 0) is 70.3 Å². The Kier molecular flexibility index (Phi) is 17.0. The third kappa shape index (κ3) is 12.8. The van der Waals surface area contributed by atoms with E-state index in [1.165, 1.54) is 43.2 Å². The predicted molar refractivity (Wildman–Crippen MR) is 114 cm³/mol. The molecule has 0 aromatic heterocycles. The van der Waals surface area contributed by atoms with Crippen LogP contribution in [0.3, 0.4) is 0 Å². The molecular formula is C23H43NO. The lowest BCUT2D eigenvalue weighted by Crippen LogP contribution is -2.18. The molecule has 0 aliphatic heterocycles. The van der Waals surface area contributed by atoms with E-state index >= 15 is 0 Å². The monoisotopic (exact) mass is 349 g/mol. The maximum atomic E-state index is 10.2. The Labute approximate surface area is 158 Å². The van der Waals surface area contributed by atoms with E-state index in [0.717, 1.165) is 5.92 Å². The maximum Gasteiger partial charge on any atom is 0.143 e. The zero-order valence-corrected chi connectivity index (χ0v) is 18.4. The fraction of sp³-hybridized carbons (Fsp3) is 0.696. The lowest BCUT2D eigenvalue weighted by molar-refractivity contribution is -0.117. The Hall–Kier alpha value is -1.15. The molecule has 25 heavy (non-hydrogen) atoms. The third-order valence-corrected chi connectivity index (χ3v) is 4.17. The quantitative estimate of drug-likeness (QED) is 0.531. The molecule has 0 heterocycles. The second-order valence-corrected chi connectivity index (χ2v) is 6.86. The van der Waals surface area contributed by atoms with E-state index in [2.05, 4.69) is 45.9 Å². The van der Waals surface area contributed by atoms with Crippen molar-refractivity contribution in [2.24, 2.45) is 0 Å². The molecule has 1 aromatic rings. The average molecular weight is 350 g/mol. The van der Waals surface area contributed by atoms with Crippen LogP contribution >= 0.6 is 0 Å². The number of nitrogens with zero attached hydrogens (tertiary/aromatic N) is 1. The molecule has 2 heteroatoms. The summed E-state index contributed by atoms with van der Waals surface area (Å²) >= 11 is 0. The molecule has 0 N–H and O–H groups in total. The van der Waals surface area contributed by atoms with Crippen LogP contribution in [0, 0.1) is 13.8 Å². The summed E-state index contributed by atoms with van der Waals surface area (Å²) in [5.41, 5.74) is 4.54. The smallest absolute Gasteiger partial charge is 0.143 e. The summed E-state index contributed by atoms with van der Waals surface area (Å²) in [5.74, 6) is 0.995. The normalized spacial score (nSPS) is 11.1. The van der Waals surface area contributed by atoms with E-state index in [1.54, 1.807) is 12.5 Å². The van der Waals surface area contributed by atoms with Crippen LogP contribution in [0.25, 0.3) is 0 Å². The van der Waals surface area contributed by atoms with Crippen LogP contribution < -0.4 is 0 Å². The Bertz CT molecular complexity index is 451. The maximum absolute atomic E-state index is 10.2. The highest BCUT2D eigenvalue weighted by atomic mass is 16.1. The molecule has 2 nitrogen and oxygen atoms in total. The van der Waals surface area contributed by atoms with Crippen molar-refractivity contribution in [1.82, 2.24) is 4.90 Å². The first-order valence-corrected chi connectivity index (χ1v) is 10.0. The summed E-state index contributed by atoms with van der Waals surface area (Å²) in [4.78, 5) is 12.1. The minimum atomic E-state index is 0.213.